The molecule has 1 nitrogen and oxygen atoms in total. The number of carbonyl (C=O) groups excluding carboxylic acids is 1. The van der Waals surface area contributed by atoms with Crippen molar-refractivity contribution in [3.05, 3.63) is 23.8 Å². The average Bonchev–Trinajstić information content (AvgIpc) is 2.05. The summed E-state index contributed by atoms with van der Waals surface area (Å²) in [5.74, 6) is 0. The van der Waals surface area contributed by atoms with Gasteiger partial charge < -0.3 is 0 Å². The molecule has 0 aliphatic carbocycles. The summed E-state index contributed by atoms with van der Waals surface area (Å²) in [6, 6.07) is 0. The molecular weight excluding hydrogens is 136 g/mol. The van der Waals surface area contributed by atoms with E-state index < -0.39 is 0 Å². The fraction of sp³-hybridized carbons (Fsp3) is 0.500. The molecule has 0 aliphatic heterocycles. The van der Waals surface area contributed by atoms with Crippen molar-refractivity contribution in [3.63, 3.8) is 0 Å². The van der Waals surface area contributed by atoms with Crippen molar-refractivity contribution in [2.75, 3.05) is 0 Å². The fourth-order valence-corrected chi connectivity index (χ4v) is 0.823. The fourth-order valence-electron chi connectivity index (χ4n) is 0.823. The van der Waals surface area contributed by atoms with Gasteiger partial charge in [-0.1, -0.05) is 38.0 Å². The normalized spacial score (nSPS) is 12.4. The zero-order valence-electron chi connectivity index (χ0n) is 7.34. The lowest BCUT2D eigenvalue weighted by atomic mass is 10.1. The number of hydrogen-bond donors (Lipinski definition) is 0. The molecule has 0 heterocycles. The highest BCUT2D eigenvalue weighted by atomic mass is 16.1. The third-order valence-electron chi connectivity index (χ3n) is 1.49. The first-order valence-electron chi connectivity index (χ1n) is 4.16. The third kappa shape index (κ3) is 5.59. The van der Waals surface area contributed by atoms with Gasteiger partial charge in [-0.25, -0.2) is 0 Å². The average molecular weight is 152 g/mol. The van der Waals surface area contributed by atoms with Crippen molar-refractivity contribution in [2.24, 2.45) is 0 Å². The van der Waals surface area contributed by atoms with Gasteiger partial charge in [0.05, 0.1) is 0 Å². The Hall–Kier alpha value is -0.850. The van der Waals surface area contributed by atoms with Crippen LogP contribution in [-0.4, -0.2) is 6.29 Å². The molecule has 0 aromatic carbocycles. The molecule has 0 amide bonds. The molecule has 0 fully saturated rings. The van der Waals surface area contributed by atoms with Crippen LogP contribution in [0.5, 0.6) is 0 Å². The lowest BCUT2D eigenvalue weighted by Gasteiger charge is -1.94. The van der Waals surface area contributed by atoms with Gasteiger partial charge in [-0.3, -0.25) is 4.79 Å². The minimum absolute atomic E-state index is 0.815. The van der Waals surface area contributed by atoms with Crippen molar-refractivity contribution < 1.29 is 4.79 Å². The number of unbranched alkanes of at least 4 members (excludes halogenated alkanes) is 1. The van der Waals surface area contributed by atoms with Gasteiger partial charge in [0, 0.05) is 0 Å². The van der Waals surface area contributed by atoms with Gasteiger partial charge in [0.1, 0.15) is 6.29 Å². The van der Waals surface area contributed by atoms with Crippen LogP contribution in [0.4, 0.5) is 0 Å². The van der Waals surface area contributed by atoms with E-state index in [-0.39, 0.29) is 0 Å². The second-order valence-corrected chi connectivity index (χ2v) is 2.42. The maximum absolute atomic E-state index is 9.99. The predicted molar refractivity (Wildman–Crippen MR) is 48.5 cm³/mol. The molecule has 1 heteroatoms. The lowest BCUT2D eigenvalue weighted by Crippen LogP contribution is -1.75. The second-order valence-electron chi connectivity index (χ2n) is 2.42. The zero-order valence-corrected chi connectivity index (χ0v) is 7.34. The van der Waals surface area contributed by atoms with Crippen LogP contribution in [-0.2, 0) is 4.79 Å². The summed E-state index contributed by atoms with van der Waals surface area (Å²) >= 11 is 0. The predicted octanol–water partition coefficient (Wildman–Crippen LogP) is 2.88. The van der Waals surface area contributed by atoms with Crippen molar-refractivity contribution in [1.82, 2.24) is 0 Å². The third-order valence-corrected chi connectivity index (χ3v) is 1.49. The molecule has 0 aromatic rings. The molecule has 0 N–H and O–H groups in total. The topological polar surface area (TPSA) is 17.1 Å². The van der Waals surface area contributed by atoms with Crippen molar-refractivity contribution in [1.29, 1.82) is 0 Å². The molecule has 0 rings (SSSR count). The van der Waals surface area contributed by atoms with Gasteiger partial charge in [-0.2, -0.15) is 0 Å². The summed E-state index contributed by atoms with van der Waals surface area (Å²) in [7, 11) is 0. The minimum Gasteiger partial charge on any atom is -0.299 e. The summed E-state index contributed by atoms with van der Waals surface area (Å²) in [6.07, 6.45) is 9.69. The molecule has 0 bridgehead atoms. The van der Waals surface area contributed by atoms with E-state index in [0.717, 1.165) is 19.1 Å². The number of allylic oxidation sites excluding steroid dienone is 4. The van der Waals surface area contributed by atoms with Gasteiger partial charge in [0.25, 0.3) is 0 Å². The maximum atomic E-state index is 9.99. The molecule has 0 spiro atoms. The standard InChI is InChI=1S/C10H16O/c1-3-5-7-10(4-2)8-6-9-11/h6-9H,3-5H2,1-2H3/b8-6+,10-7+. The molecule has 62 valence electrons. The van der Waals surface area contributed by atoms with Crippen LogP contribution in [0.2, 0.25) is 0 Å². The maximum Gasteiger partial charge on any atom is 0.142 e. The molecule has 0 saturated carbocycles. The molecule has 0 aliphatic rings. The number of carbonyl (C=O) groups is 1. The molecule has 0 saturated heterocycles. The van der Waals surface area contributed by atoms with E-state index in [4.69, 9.17) is 0 Å². The Morgan fingerprint density at radius 2 is 2.09 bits per heavy atom. The van der Waals surface area contributed by atoms with Crippen LogP contribution in [0.3, 0.4) is 0 Å². The Morgan fingerprint density at radius 3 is 2.55 bits per heavy atom. The Balaban J connectivity index is 3.92. The monoisotopic (exact) mass is 152 g/mol. The largest absolute Gasteiger partial charge is 0.299 e. The second kappa shape index (κ2) is 7.26. The highest BCUT2D eigenvalue weighted by molar-refractivity contribution is 5.65. The summed E-state index contributed by atoms with van der Waals surface area (Å²) in [5, 5.41) is 0. The van der Waals surface area contributed by atoms with Gasteiger partial charge in [0.2, 0.25) is 0 Å². The number of hydrogen-bond acceptors (Lipinski definition) is 1. The lowest BCUT2D eigenvalue weighted by molar-refractivity contribution is -0.104. The highest BCUT2D eigenvalue weighted by Crippen LogP contribution is 2.04. The van der Waals surface area contributed by atoms with E-state index in [2.05, 4.69) is 19.9 Å². The first-order chi connectivity index (χ1) is 5.35. The summed E-state index contributed by atoms with van der Waals surface area (Å²) in [6.45, 7) is 4.24. The zero-order chi connectivity index (χ0) is 8.53. The van der Waals surface area contributed by atoms with E-state index in [1.54, 1.807) is 6.08 Å². The molecular formula is C10H16O. The summed E-state index contributed by atoms with van der Waals surface area (Å²) in [5.41, 5.74) is 1.25. The highest BCUT2D eigenvalue weighted by Gasteiger charge is 1.85. The molecule has 0 radical (unpaired) electrons. The quantitative estimate of drug-likeness (QED) is 0.336. The first-order valence-corrected chi connectivity index (χ1v) is 4.16. The minimum atomic E-state index is 0.815. The number of rotatable bonds is 5. The van der Waals surface area contributed by atoms with E-state index >= 15 is 0 Å². The smallest absolute Gasteiger partial charge is 0.142 e. The molecule has 0 aromatic heterocycles. The van der Waals surface area contributed by atoms with Gasteiger partial charge in [0.15, 0.2) is 0 Å². The van der Waals surface area contributed by atoms with Gasteiger partial charge in [-0.15, -0.1) is 0 Å². The molecule has 11 heavy (non-hydrogen) atoms. The van der Waals surface area contributed by atoms with Crippen LogP contribution in [0.15, 0.2) is 23.8 Å². The van der Waals surface area contributed by atoms with Crippen LogP contribution >= 0.6 is 0 Å². The Labute approximate surface area is 68.8 Å². The first kappa shape index (κ1) is 10.2. The van der Waals surface area contributed by atoms with Gasteiger partial charge >= 0.3 is 0 Å². The summed E-state index contributed by atoms with van der Waals surface area (Å²) in [4.78, 5) is 9.99. The van der Waals surface area contributed by atoms with Crippen molar-refractivity contribution in [2.45, 2.75) is 33.1 Å². The van der Waals surface area contributed by atoms with Gasteiger partial charge in [-0.05, 0) is 18.9 Å². The van der Waals surface area contributed by atoms with E-state index in [1.807, 2.05) is 6.08 Å². The van der Waals surface area contributed by atoms with E-state index in [0.29, 0.717) is 0 Å². The Bertz CT molecular complexity index is 154. The summed E-state index contributed by atoms with van der Waals surface area (Å²) < 4.78 is 0. The van der Waals surface area contributed by atoms with Crippen molar-refractivity contribution >= 4 is 6.29 Å². The van der Waals surface area contributed by atoms with Crippen LogP contribution < -0.4 is 0 Å². The SMILES string of the molecule is CCC/C=C(/C=C/C=O)CC. The van der Waals surface area contributed by atoms with E-state index in [1.165, 1.54) is 12.0 Å². The van der Waals surface area contributed by atoms with Crippen molar-refractivity contribution in [3.8, 4) is 0 Å². The Morgan fingerprint density at radius 1 is 1.36 bits per heavy atom. The van der Waals surface area contributed by atoms with Crippen LogP contribution in [0, 0.1) is 0 Å². The Kier molecular flexibility index (Phi) is 6.70. The van der Waals surface area contributed by atoms with Crippen LogP contribution in [0.1, 0.15) is 33.1 Å². The molecule has 0 unspecified atom stereocenters. The van der Waals surface area contributed by atoms with E-state index in [9.17, 15) is 4.79 Å². The van der Waals surface area contributed by atoms with Crippen LogP contribution in [0.25, 0.3) is 0 Å². The number of aldehydes is 1. The molecule has 0 atom stereocenters.